The van der Waals surface area contributed by atoms with Gasteiger partial charge < -0.3 is 15.4 Å². The maximum atomic E-state index is 5.90. The molecule has 0 bridgehead atoms. The Labute approximate surface area is 105 Å². The molecule has 3 heteroatoms. The first kappa shape index (κ1) is 13.8. The molecule has 96 valence electrons. The Kier molecular flexibility index (Phi) is 5.84. The van der Waals surface area contributed by atoms with Crippen LogP contribution in [-0.2, 0) is 0 Å². The molecule has 17 heavy (non-hydrogen) atoms. The third-order valence-corrected chi connectivity index (χ3v) is 3.11. The Hall–Kier alpha value is -1.22. The molecule has 1 rings (SSSR count). The maximum Gasteiger partial charge on any atom is 0.119 e. The second kappa shape index (κ2) is 7.17. The van der Waals surface area contributed by atoms with Crippen LogP contribution in [0.1, 0.15) is 26.2 Å². The van der Waals surface area contributed by atoms with Crippen LogP contribution in [0.15, 0.2) is 24.3 Å². The van der Waals surface area contributed by atoms with Crippen molar-refractivity contribution in [2.24, 2.45) is 5.73 Å². The quantitative estimate of drug-likeness (QED) is 0.791. The highest BCUT2D eigenvalue weighted by Gasteiger charge is 2.03. The van der Waals surface area contributed by atoms with Crippen LogP contribution in [0.3, 0.4) is 0 Å². The first-order valence-electron chi connectivity index (χ1n) is 6.28. The number of hydrogen-bond acceptors (Lipinski definition) is 3. The van der Waals surface area contributed by atoms with Crippen LogP contribution in [0.4, 0.5) is 5.69 Å². The van der Waals surface area contributed by atoms with Crippen LogP contribution >= 0.6 is 0 Å². The molecular formula is C14H24N2O. The fraction of sp³-hybridized carbons (Fsp3) is 0.571. The first-order valence-corrected chi connectivity index (χ1v) is 6.28. The second-order valence-corrected chi connectivity index (χ2v) is 4.43. The van der Waals surface area contributed by atoms with Crippen molar-refractivity contribution in [1.82, 2.24) is 0 Å². The number of methoxy groups -OCH3 is 1. The van der Waals surface area contributed by atoms with Gasteiger partial charge in [0.1, 0.15) is 5.75 Å². The highest BCUT2D eigenvalue weighted by molar-refractivity contribution is 5.48. The van der Waals surface area contributed by atoms with Crippen LogP contribution in [0.25, 0.3) is 0 Å². The predicted octanol–water partition coefficient (Wildman–Crippen LogP) is 2.65. The molecule has 0 spiro atoms. The molecule has 1 aromatic rings. The fourth-order valence-corrected chi connectivity index (χ4v) is 1.76. The van der Waals surface area contributed by atoms with E-state index in [1.807, 2.05) is 12.1 Å². The number of anilines is 1. The zero-order valence-electron chi connectivity index (χ0n) is 11.1. The molecule has 0 aromatic heterocycles. The number of hydrogen-bond donors (Lipinski definition) is 1. The molecule has 0 saturated carbocycles. The summed E-state index contributed by atoms with van der Waals surface area (Å²) >= 11 is 0. The lowest BCUT2D eigenvalue weighted by atomic mass is 10.1. The molecule has 3 nitrogen and oxygen atoms in total. The van der Waals surface area contributed by atoms with E-state index in [0.29, 0.717) is 6.04 Å². The lowest BCUT2D eigenvalue weighted by Gasteiger charge is -2.20. The van der Waals surface area contributed by atoms with Crippen molar-refractivity contribution in [3.8, 4) is 5.75 Å². The monoisotopic (exact) mass is 236 g/mol. The van der Waals surface area contributed by atoms with Gasteiger partial charge in [-0.15, -0.1) is 0 Å². The molecule has 1 atom stereocenters. The average molecular weight is 236 g/mol. The van der Waals surface area contributed by atoms with Gasteiger partial charge in [0.05, 0.1) is 7.11 Å². The van der Waals surface area contributed by atoms with E-state index in [-0.39, 0.29) is 0 Å². The minimum absolute atomic E-state index is 0.347. The van der Waals surface area contributed by atoms with E-state index < -0.39 is 0 Å². The molecular weight excluding hydrogens is 212 g/mol. The molecule has 0 aliphatic rings. The Morgan fingerprint density at radius 2 is 1.94 bits per heavy atom. The number of ether oxygens (including phenoxy) is 1. The van der Waals surface area contributed by atoms with Crippen molar-refractivity contribution in [3.63, 3.8) is 0 Å². The van der Waals surface area contributed by atoms with Crippen LogP contribution < -0.4 is 15.4 Å². The molecule has 0 amide bonds. The molecule has 0 radical (unpaired) electrons. The van der Waals surface area contributed by atoms with Gasteiger partial charge in [-0.05, 0) is 43.5 Å². The largest absolute Gasteiger partial charge is 0.497 e. The van der Waals surface area contributed by atoms with Gasteiger partial charge in [-0.1, -0.05) is 6.92 Å². The van der Waals surface area contributed by atoms with Gasteiger partial charge in [-0.3, -0.25) is 0 Å². The first-order chi connectivity index (χ1) is 8.17. The number of benzene rings is 1. The van der Waals surface area contributed by atoms with Gasteiger partial charge in [0, 0.05) is 25.3 Å². The number of rotatable bonds is 7. The van der Waals surface area contributed by atoms with Crippen LogP contribution in [0.5, 0.6) is 5.75 Å². The summed E-state index contributed by atoms with van der Waals surface area (Å²) in [6.45, 7) is 3.18. The van der Waals surface area contributed by atoms with Crippen LogP contribution in [-0.4, -0.2) is 26.7 Å². The van der Waals surface area contributed by atoms with E-state index in [1.165, 1.54) is 5.69 Å². The lowest BCUT2D eigenvalue weighted by molar-refractivity contribution is 0.415. The summed E-state index contributed by atoms with van der Waals surface area (Å²) < 4.78 is 5.14. The summed E-state index contributed by atoms with van der Waals surface area (Å²) in [4.78, 5) is 2.25. The minimum Gasteiger partial charge on any atom is -0.497 e. The zero-order valence-corrected chi connectivity index (χ0v) is 11.1. The minimum atomic E-state index is 0.347. The smallest absolute Gasteiger partial charge is 0.119 e. The SMILES string of the molecule is CCC(N)CCCN(C)c1ccc(OC)cc1. The molecule has 1 unspecified atom stereocenters. The summed E-state index contributed by atoms with van der Waals surface area (Å²) in [5, 5.41) is 0. The third kappa shape index (κ3) is 4.65. The van der Waals surface area contributed by atoms with Crippen molar-refractivity contribution in [1.29, 1.82) is 0 Å². The summed E-state index contributed by atoms with van der Waals surface area (Å²) in [5.41, 5.74) is 7.12. The Morgan fingerprint density at radius 3 is 2.47 bits per heavy atom. The highest BCUT2D eigenvalue weighted by atomic mass is 16.5. The van der Waals surface area contributed by atoms with E-state index in [1.54, 1.807) is 7.11 Å². The molecule has 0 heterocycles. The van der Waals surface area contributed by atoms with Crippen molar-refractivity contribution >= 4 is 5.69 Å². The molecule has 0 saturated heterocycles. The van der Waals surface area contributed by atoms with Crippen molar-refractivity contribution in [2.75, 3.05) is 25.6 Å². The zero-order chi connectivity index (χ0) is 12.7. The van der Waals surface area contributed by atoms with Gasteiger partial charge in [0.15, 0.2) is 0 Å². The van der Waals surface area contributed by atoms with E-state index in [9.17, 15) is 0 Å². The van der Waals surface area contributed by atoms with Crippen molar-refractivity contribution in [3.05, 3.63) is 24.3 Å². The van der Waals surface area contributed by atoms with E-state index in [0.717, 1.165) is 31.6 Å². The number of nitrogens with zero attached hydrogens (tertiary/aromatic N) is 1. The molecule has 0 aliphatic carbocycles. The summed E-state index contributed by atoms with van der Waals surface area (Å²) in [7, 11) is 3.80. The highest BCUT2D eigenvalue weighted by Crippen LogP contribution is 2.18. The van der Waals surface area contributed by atoms with Crippen LogP contribution in [0, 0.1) is 0 Å². The van der Waals surface area contributed by atoms with Gasteiger partial charge in [-0.25, -0.2) is 0 Å². The Bertz CT molecular complexity index is 311. The van der Waals surface area contributed by atoms with Gasteiger partial charge in [0.2, 0.25) is 0 Å². The van der Waals surface area contributed by atoms with Gasteiger partial charge >= 0.3 is 0 Å². The lowest BCUT2D eigenvalue weighted by Crippen LogP contribution is -2.23. The number of nitrogens with two attached hydrogens (primary N) is 1. The molecule has 0 aliphatic heterocycles. The Balaban J connectivity index is 2.38. The van der Waals surface area contributed by atoms with Gasteiger partial charge in [0.25, 0.3) is 0 Å². The summed E-state index contributed by atoms with van der Waals surface area (Å²) in [6.07, 6.45) is 3.29. The maximum absolute atomic E-state index is 5.90. The fourth-order valence-electron chi connectivity index (χ4n) is 1.76. The standard InChI is InChI=1S/C14H24N2O/c1-4-12(15)6-5-11-16(2)13-7-9-14(17-3)10-8-13/h7-10,12H,4-6,11,15H2,1-3H3. The van der Waals surface area contributed by atoms with Crippen LogP contribution in [0.2, 0.25) is 0 Å². The Morgan fingerprint density at radius 1 is 1.29 bits per heavy atom. The second-order valence-electron chi connectivity index (χ2n) is 4.43. The van der Waals surface area contributed by atoms with Crippen molar-refractivity contribution < 1.29 is 4.74 Å². The average Bonchev–Trinajstić information content (AvgIpc) is 2.38. The summed E-state index contributed by atoms with van der Waals surface area (Å²) in [6, 6.07) is 8.49. The van der Waals surface area contributed by atoms with Crippen molar-refractivity contribution in [2.45, 2.75) is 32.2 Å². The van der Waals surface area contributed by atoms with E-state index in [4.69, 9.17) is 10.5 Å². The topological polar surface area (TPSA) is 38.5 Å². The summed E-state index contributed by atoms with van der Waals surface area (Å²) in [5.74, 6) is 0.898. The van der Waals surface area contributed by atoms with E-state index in [2.05, 4.69) is 31.0 Å². The predicted molar refractivity (Wildman–Crippen MR) is 73.8 cm³/mol. The van der Waals surface area contributed by atoms with Gasteiger partial charge in [-0.2, -0.15) is 0 Å². The molecule has 1 aromatic carbocycles. The normalized spacial score (nSPS) is 12.2. The third-order valence-electron chi connectivity index (χ3n) is 3.11. The molecule has 0 fully saturated rings. The molecule has 2 N–H and O–H groups in total. The van der Waals surface area contributed by atoms with E-state index >= 15 is 0 Å².